The fraction of sp³-hybridized carbons (Fsp3) is 0.615. The van der Waals surface area contributed by atoms with Crippen LogP contribution in [-0.4, -0.2) is 15.6 Å². The van der Waals surface area contributed by atoms with Crippen molar-refractivity contribution in [2.45, 2.75) is 44.6 Å². The van der Waals surface area contributed by atoms with Crippen LogP contribution in [0.2, 0.25) is 0 Å². The summed E-state index contributed by atoms with van der Waals surface area (Å²) in [5.74, 6) is -0.0320. The van der Waals surface area contributed by atoms with Gasteiger partial charge >= 0.3 is 5.97 Å². The summed E-state index contributed by atoms with van der Waals surface area (Å²) in [7, 11) is 0. The molecule has 0 aliphatic heterocycles. The van der Waals surface area contributed by atoms with Crippen LogP contribution in [0.5, 0.6) is 0 Å². The predicted molar refractivity (Wildman–Crippen MR) is 62.3 cm³/mol. The lowest BCUT2D eigenvalue weighted by Gasteiger charge is -2.29. The van der Waals surface area contributed by atoms with Gasteiger partial charge in [-0.25, -0.2) is 0 Å². The zero-order valence-corrected chi connectivity index (χ0v) is 9.51. The minimum Gasteiger partial charge on any atom is -0.481 e. The van der Waals surface area contributed by atoms with Gasteiger partial charge in [0.2, 0.25) is 0 Å². The molecule has 3 nitrogen and oxygen atoms in total. The Balaban J connectivity index is 1.76. The molecule has 0 spiro atoms. The van der Waals surface area contributed by atoms with Gasteiger partial charge in [-0.3, -0.25) is 4.79 Å². The van der Waals surface area contributed by atoms with E-state index in [2.05, 4.69) is 29.1 Å². The topological polar surface area (TPSA) is 42.2 Å². The van der Waals surface area contributed by atoms with E-state index in [0.717, 1.165) is 6.42 Å². The fourth-order valence-corrected chi connectivity index (χ4v) is 2.65. The first-order chi connectivity index (χ1) is 7.75. The number of hydrogen-bond acceptors (Lipinski definition) is 1. The lowest BCUT2D eigenvalue weighted by atomic mass is 9.83. The van der Waals surface area contributed by atoms with Gasteiger partial charge in [0, 0.05) is 24.9 Å². The molecule has 1 aliphatic carbocycles. The standard InChI is InChI=1S/C13H19NO2/c15-13(16)8-5-11-3-6-12(7-4-11)14-9-1-2-10-14/h1-2,9-12H,3-8H2,(H,15,16). The Labute approximate surface area is 96.1 Å². The van der Waals surface area contributed by atoms with Crippen molar-refractivity contribution < 1.29 is 9.90 Å². The zero-order chi connectivity index (χ0) is 11.4. The highest BCUT2D eigenvalue weighted by molar-refractivity contribution is 5.66. The average Bonchev–Trinajstić information content (AvgIpc) is 2.80. The van der Waals surface area contributed by atoms with E-state index in [9.17, 15) is 4.79 Å². The van der Waals surface area contributed by atoms with Crippen LogP contribution >= 0.6 is 0 Å². The van der Waals surface area contributed by atoms with E-state index in [1.807, 2.05) is 0 Å². The van der Waals surface area contributed by atoms with Gasteiger partial charge in [-0.15, -0.1) is 0 Å². The molecule has 1 aliphatic rings. The Bertz CT molecular complexity index is 324. The Kier molecular flexibility index (Phi) is 3.65. The average molecular weight is 221 g/mol. The molecule has 1 fully saturated rings. The molecule has 1 aromatic rings. The summed E-state index contributed by atoms with van der Waals surface area (Å²) in [5.41, 5.74) is 0. The van der Waals surface area contributed by atoms with Crippen molar-refractivity contribution in [3.8, 4) is 0 Å². The molecule has 88 valence electrons. The summed E-state index contributed by atoms with van der Waals surface area (Å²) in [5, 5.41) is 8.64. The van der Waals surface area contributed by atoms with Crippen LogP contribution in [0.25, 0.3) is 0 Å². The summed E-state index contributed by atoms with van der Waals surface area (Å²) in [6.07, 6.45) is 10.2. The second-order valence-corrected chi connectivity index (χ2v) is 4.74. The molecule has 0 saturated heterocycles. The SMILES string of the molecule is O=C(O)CCC1CCC(n2cccc2)CC1. The van der Waals surface area contributed by atoms with Gasteiger partial charge in [-0.05, 0) is 50.2 Å². The highest BCUT2D eigenvalue weighted by atomic mass is 16.4. The van der Waals surface area contributed by atoms with Gasteiger partial charge in [0.25, 0.3) is 0 Å². The first-order valence-electron chi connectivity index (χ1n) is 6.10. The van der Waals surface area contributed by atoms with Gasteiger partial charge in [0.05, 0.1) is 0 Å². The Morgan fingerprint density at radius 1 is 1.19 bits per heavy atom. The third-order valence-corrected chi connectivity index (χ3v) is 3.63. The number of nitrogens with zero attached hydrogens (tertiary/aromatic N) is 1. The Morgan fingerprint density at radius 3 is 2.38 bits per heavy atom. The maximum absolute atomic E-state index is 10.5. The third kappa shape index (κ3) is 2.87. The monoisotopic (exact) mass is 221 g/mol. The van der Waals surface area contributed by atoms with Gasteiger partial charge in [-0.1, -0.05) is 0 Å². The van der Waals surface area contributed by atoms with E-state index in [0.29, 0.717) is 18.4 Å². The first kappa shape index (κ1) is 11.2. The van der Waals surface area contributed by atoms with E-state index in [1.165, 1.54) is 25.7 Å². The quantitative estimate of drug-likeness (QED) is 0.849. The van der Waals surface area contributed by atoms with E-state index >= 15 is 0 Å². The first-order valence-corrected chi connectivity index (χ1v) is 6.10. The second kappa shape index (κ2) is 5.19. The van der Waals surface area contributed by atoms with Gasteiger partial charge in [0.1, 0.15) is 0 Å². The van der Waals surface area contributed by atoms with Crippen LogP contribution in [0.1, 0.15) is 44.6 Å². The molecule has 0 unspecified atom stereocenters. The molecular formula is C13H19NO2. The third-order valence-electron chi connectivity index (χ3n) is 3.63. The van der Waals surface area contributed by atoms with Crippen LogP contribution in [-0.2, 0) is 4.79 Å². The van der Waals surface area contributed by atoms with Gasteiger partial charge in [-0.2, -0.15) is 0 Å². The lowest BCUT2D eigenvalue weighted by Crippen LogP contribution is -2.17. The van der Waals surface area contributed by atoms with Crippen molar-refractivity contribution in [2.24, 2.45) is 5.92 Å². The number of rotatable bonds is 4. The smallest absolute Gasteiger partial charge is 0.303 e. The molecule has 0 amide bonds. The van der Waals surface area contributed by atoms with Crippen molar-refractivity contribution >= 4 is 5.97 Å². The van der Waals surface area contributed by atoms with Crippen molar-refractivity contribution in [2.75, 3.05) is 0 Å². The largest absolute Gasteiger partial charge is 0.481 e. The number of hydrogen-bond donors (Lipinski definition) is 1. The summed E-state index contributed by atoms with van der Waals surface area (Å²) in [6, 6.07) is 4.77. The molecule has 2 rings (SSSR count). The number of aromatic nitrogens is 1. The molecule has 1 aromatic heterocycles. The van der Waals surface area contributed by atoms with Gasteiger partial charge in [0.15, 0.2) is 0 Å². The van der Waals surface area contributed by atoms with Crippen molar-refractivity contribution in [3.63, 3.8) is 0 Å². The van der Waals surface area contributed by atoms with Crippen LogP contribution < -0.4 is 0 Å². The Morgan fingerprint density at radius 2 is 1.81 bits per heavy atom. The molecule has 1 heterocycles. The van der Waals surface area contributed by atoms with E-state index in [1.54, 1.807) is 0 Å². The summed E-state index contributed by atoms with van der Waals surface area (Å²) >= 11 is 0. The summed E-state index contributed by atoms with van der Waals surface area (Å²) < 4.78 is 2.29. The van der Waals surface area contributed by atoms with E-state index < -0.39 is 5.97 Å². The summed E-state index contributed by atoms with van der Waals surface area (Å²) in [6.45, 7) is 0. The molecule has 0 bridgehead atoms. The second-order valence-electron chi connectivity index (χ2n) is 4.74. The summed E-state index contributed by atoms with van der Waals surface area (Å²) in [4.78, 5) is 10.5. The molecule has 3 heteroatoms. The lowest BCUT2D eigenvalue weighted by molar-refractivity contribution is -0.137. The number of aliphatic carboxylic acids is 1. The minimum absolute atomic E-state index is 0.332. The maximum Gasteiger partial charge on any atom is 0.303 e. The molecule has 16 heavy (non-hydrogen) atoms. The van der Waals surface area contributed by atoms with E-state index in [-0.39, 0.29) is 0 Å². The van der Waals surface area contributed by atoms with Crippen molar-refractivity contribution in [1.82, 2.24) is 4.57 Å². The van der Waals surface area contributed by atoms with Crippen molar-refractivity contribution in [1.29, 1.82) is 0 Å². The van der Waals surface area contributed by atoms with Crippen LogP contribution in [0.4, 0.5) is 0 Å². The Hall–Kier alpha value is -1.25. The van der Waals surface area contributed by atoms with Gasteiger partial charge < -0.3 is 9.67 Å². The highest BCUT2D eigenvalue weighted by Crippen LogP contribution is 2.34. The zero-order valence-electron chi connectivity index (χ0n) is 9.51. The van der Waals surface area contributed by atoms with Crippen molar-refractivity contribution in [3.05, 3.63) is 24.5 Å². The molecule has 0 atom stereocenters. The molecular weight excluding hydrogens is 202 g/mol. The van der Waals surface area contributed by atoms with E-state index in [4.69, 9.17) is 5.11 Å². The molecule has 0 radical (unpaired) electrons. The number of carboxylic acids is 1. The fourth-order valence-electron chi connectivity index (χ4n) is 2.65. The number of carboxylic acid groups (broad SMARTS) is 1. The molecule has 1 saturated carbocycles. The van der Waals surface area contributed by atoms with Crippen LogP contribution in [0.15, 0.2) is 24.5 Å². The minimum atomic E-state index is -0.660. The number of carbonyl (C=O) groups is 1. The van der Waals surface area contributed by atoms with Crippen LogP contribution in [0.3, 0.4) is 0 Å². The molecule has 0 aromatic carbocycles. The predicted octanol–water partition coefficient (Wildman–Crippen LogP) is 3.08. The molecule has 1 N–H and O–H groups in total. The highest BCUT2D eigenvalue weighted by Gasteiger charge is 2.21. The maximum atomic E-state index is 10.5. The van der Waals surface area contributed by atoms with Crippen LogP contribution in [0, 0.1) is 5.92 Å². The normalized spacial score (nSPS) is 25.5.